The van der Waals surface area contributed by atoms with Gasteiger partial charge in [-0.05, 0) is 32.9 Å². The van der Waals surface area contributed by atoms with Crippen LogP contribution >= 0.6 is 0 Å². The van der Waals surface area contributed by atoms with E-state index in [0.717, 1.165) is 12.1 Å². The van der Waals surface area contributed by atoms with Gasteiger partial charge in [0.05, 0.1) is 12.7 Å². The fraction of sp³-hybridized carbons (Fsp3) is 0.400. The number of hydrogen-bond acceptors (Lipinski definition) is 7. The van der Waals surface area contributed by atoms with E-state index >= 15 is 0 Å². The van der Waals surface area contributed by atoms with E-state index in [4.69, 9.17) is 9.84 Å². The summed E-state index contributed by atoms with van der Waals surface area (Å²) in [5.74, 6) is -2.08. The maximum Gasteiger partial charge on any atom is 0.407 e. The summed E-state index contributed by atoms with van der Waals surface area (Å²) in [6, 6.07) is 2.05. The number of carbonyl (C=O) groups excluding carboxylic acids is 1. The molecule has 0 radical (unpaired) electrons. The molecule has 1 amide bonds. The summed E-state index contributed by atoms with van der Waals surface area (Å²) < 4.78 is 18.3. The molecule has 0 saturated carbocycles. The van der Waals surface area contributed by atoms with Gasteiger partial charge in [-0.1, -0.05) is 0 Å². The van der Waals surface area contributed by atoms with Crippen LogP contribution in [-0.4, -0.2) is 49.3 Å². The minimum absolute atomic E-state index is 0.183. The number of amides is 1. The zero-order valence-electron chi connectivity index (χ0n) is 14.5. The lowest BCUT2D eigenvalue weighted by Gasteiger charge is -2.19. The third-order valence-corrected chi connectivity index (χ3v) is 2.85. The van der Waals surface area contributed by atoms with Crippen molar-refractivity contribution in [2.45, 2.75) is 32.9 Å². The van der Waals surface area contributed by atoms with Gasteiger partial charge in [0.2, 0.25) is 5.95 Å². The van der Waals surface area contributed by atoms with E-state index < -0.39 is 23.6 Å². The minimum Gasteiger partial charge on any atom is -0.478 e. The van der Waals surface area contributed by atoms with E-state index in [1.807, 2.05) is 0 Å². The molecule has 10 nitrogen and oxygen atoms in total. The number of alkyl carbamates (subject to hydrolysis) is 1. The molecule has 0 aromatic carbocycles. The molecule has 2 aromatic heterocycles. The lowest BCUT2D eigenvalue weighted by molar-refractivity contribution is 0.0524. The summed E-state index contributed by atoms with van der Waals surface area (Å²) >= 11 is 0. The number of carboxylic acid groups (broad SMARTS) is 1. The molecule has 2 heterocycles. The van der Waals surface area contributed by atoms with Crippen LogP contribution in [0.3, 0.4) is 0 Å². The first-order chi connectivity index (χ1) is 12.1. The van der Waals surface area contributed by atoms with Gasteiger partial charge in [0.25, 0.3) is 0 Å². The minimum atomic E-state index is -1.26. The van der Waals surface area contributed by atoms with Gasteiger partial charge in [-0.15, -0.1) is 5.10 Å². The van der Waals surface area contributed by atoms with Crippen LogP contribution in [0.4, 0.5) is 20.8 Å². The number of aromatic nitrogens is 4. The number of ether oxygens (including phenoxy) is 1. The average molecular weight is 366 g/mol. The molecular formula is C15H19FN6O4. The Labute approximate surface area is 148 Å². The number of aromatic carboxylic acids is 1. The predicted molar refractivity (Wildman–Crippen MR) is 88.7 cm³/mol. The van der Waals surface area contributed by atoms with Crippen molar-refractivity contribution in [3.05, 3.63) is 29.8 Å². The number of pyridine rings is 1. The van der Waals surface area contributed by atoms with Gasteiger partial charge < -0.3 is 20.5 Å². The molecule has 11 heteroatoms. The van der Waals surface area contributed by atoms with Crippen molar-refractivity contribution in [2.75, 3.05) is 11.9 Å². The van der Waals surface area contributed by atoms with Crippen molar-refractivity contribution in [2.24, 2.45) is 0 Å². The van der Waals surface area contributed by atoms with Crippen molar-refractivity contribution in [3.63, 3.8) is 0 Å². The molecule has 0 atom stereocenters. The summed E-state index contributed by atoms with van der Waals surface area (Å²) in [6.07, 6.45) is 0.768. The summed E-state index contributed by atoms with van der Waals surface area (Å²) in [4.78, 5) is 27.5. The van der Waals surface area contributed by atoms with Crippen molar-refractivity contribution in [1.29, 1.82) is 0 Å². The molecule has 0 aliphatic rings. The SMILES string of the molecule is CC(C)(C)OC(=O)NCCn1ncc(Nc2nc(F)ccc2C(=O)O)n1. The van der Waals surface area contributed by atoms with E-state index in [9.17, 15) is 14.0 Å². The largest absolute Gasteiger partial charge is 0.478 e. The molecule has 26 heavy (non-hydrogen) atoms. The van der Waals surface area contributed by atoms with Gasteiger partial charge >= 0.3 is 12.1 Å². The molecular weight excluding hydrogens is 347 g/mol. The lowest BCUT2D eigenvalue weighted by Crippen LogP contribution is -2.34. The predicted octanol–water partition coefficient (Wildman–Crippen LogP) is 1.78. The summed E-state index contributed by atoms with van der Waals surface area (Å²) in [5, 5.41) is 22.3. The number of carbonyl (C=O) groups is 2. The Morgan fingerprint density at radius 1 is 1.35 bits per heavy atom. The molecule has 2 aromatic rings. The monoisotopic (exact) mass is 366 g/mol. The number of nitrogens with zero attached hydrogens (tertiary/aromatic N) is 4. The van der Waals surface area contributed by atoms with Crippen molar-refractivity contribution in [3.8, 4) is 0 Å². The molecule has 0 spiro atoms. The first-order valence-corrected chi connectivity index (χ1v) is 7.68. The van der Waals surface area contributed by atoms with Crippen LogP contribution < -0.4 is 10.6 Å². The number of nitrogens with one attached hydrogen (secondary N) is 2. The Kier molecular flexibility index (Phi) is 5.70. The van der Waals surface area contributed by atoms with Gasteiger partial charge in [-0.2, -0.15) is 14.3 Å². The Morgan fingerprint density at radius 3 is 2.73 bits per heavy atom. The number of halogens is 1. The van der Waals surface area contributed by atoms with Crippen LogP contribution in [0.25, 0.3) is 0 Å². The lowest BCUT2D eigenvalue weighted by atomic mass is 10.2. The fourth-order valence-electron chi connectivity index (χ4n) is 1.86. The fourth-order valence-corrected chi connectivity index (χ4v) is 1.86. The third-order valence-electron chi connectivity index (χ3n) is 2.85. The summed E-state index contributed by atoms with van der Waals surface area (Å²) in [6.45, 7) is 5.74. The second-order valence-corrected chi connectivity index (χ2v) is 6.21. The van der Waals surface area contributed by atoms with E-state index in [0.29, 0.717) is 0 Å². The first kappa shape index (κ1) is 19.1. The summed E-state index contributed by atoms with van der Waals surface area (Å²) in [5.41, 5.74) is -0.794. The maximum absolute atomic E-state index is 13.2. The van der Waals surface area contributed by atoms with Gasteiger partial charge in [0.1, 0.15) is 17.0 Å². The zero-order chi connectivity index (χ0) is 19.3. The van der Waals surface area contributed by atoms with Crippen LogP contribution in [-0.2, 0) is 11.3 Å². The highest BCUT2D eigenvalue weighted by atomic mass is 19.1. The molecule has 0 saturated heterocycles. The molecule has 3 N–H and O–H groups in total. The topological polar surface area (TPSA) is 131 Å². The smallest absolute Gasteiger partial charge is 0.407 e. The highest BCUT2D eigenvalue weighted by molar-refractivity contribution is 5.93. The van der Waals surface area contributed by atoms with Crippen LogP contribution in [0.1, 0.15) is 31.1 Å². The zero-order valence-corrected chi connectivity index (χ0v) is 14.5. The molecule has 2 rings (SSSR count). The summed E-state index contributed by atoms with van der Waals surface area (Å²) in [7, 11) is 0. The van der Waals surface area contributed by atoms with Crippen molar-refractivity contribution in [1.82, 2.24) is 25.3 Å². The van der Waals surface area contributed by atoms with Crippen LogP contribution in [0.2, 0.25) is 0 Å². The molecule has 0 aliphatic heterocycles. The maximum atomic E-state index is 13.2. The Balaban J connectivity index is 1.93. The van der Waals surface area contributed by atoms with Gasteiger partial charge in [-0.25, -0.2) is 14.6 Å². The quantitative estimate of drug-likeness (QED) is 0.659. The second kappa shape index (κ2) is 7.76. The Morgan fingerprint density at radius 2 is 2.08 bits per heavy atom. The molecule has 0 fully saturated rings. The first-order valence-electron chi connectivity index (χ1n) is 7.68. The highest BCUT2D eigenvalue weighted by Crippen LogP contribution is 2.17. The molecule has 0 bridgehead atoms. The van der Waals surface area contributed by atoms with Crippen LogP contribution in [0.5, 0.6) is 0 Å². The van der Waals surface area contributed by atoms with Crippen molar-refractivity contribution >= 4 is 23.7 Å². The normalized spacial score (nSPS) is 11.1. The van der Waals surface area contributed by atoms with Gasteiger partial charge in [0, 0.05) is 6.54 Å². The molecule has 0 unspecified atom stereocenters. The number of anilines is 2. The average Bonchev–Trinajstić information content (AvgIpc) is 2.92. The van der Waals surface area contributed by atoms with Crippen LogP contribution in [0, 0.1) is 5.95 Å². The standard InChI is InChI=1S/C15H19FN6O4/c1-15(2,3)26-14(25)17-6-7-22-18-8-11(21-22)20-12-9(13(23)24)4-5-10(16)19-12/h4-5,8H,6-7H2,1-3H3,(H,17,25)(H,23,24)(H,19,20,21). The second-order valence-electron chi connectivity index (χ2n) is 6.21. The molecule has 140 valence electrons. The number of carboxylic acids is 1. The highest BCUT2D eigenvalue weighted by Gasteiger charge is 2.16. The van der Waals surface area contributed by atoms with E-state index in [1.54, 1.807) is 20.8 Å². The Hall–Kier alpha value is -3.24. The van der Waals surface area contributed by atoms with Crippen LogP contribution in [0.15, 0.2) is 18.3 Å². The van der Waals surface area contributed by atoms with E-state index in [1.165, 1.54) is 11.0 Å². The van der Waals surface area contributed by atoms with Gasteiger partial charge in [-0.3, -0.25) is 0 Å². The van der Waals surface area contributed by atoms with Crippen molar-refractivity contribution < 1.29 is 23.8 Å². The third kappa shape index (κ3) is 5.69. The Bertz CT molecular complexity index is 802. The van der Waals surface area contributed by atoms with E-state index in [2.05, 4.69) is 25.8 Å². The number of hydrogen-bond donors (Lipinski definition) is 3. The van der Waals surface area contributed by atoms with E-state index in [-0.39, 0.29) is 30.3 Å². The van der Waals surface area contributed by atoms with Gasteiger partial charge in [0.15, 0.2) is 5.82 Å². The number of rotatable bonds is 6. The molecule has 0 aliphatic carbocycles.